The van der Waals surface area contributed by atoms with Crippen LogP contribution in [0.5, 0.6) is 0 Å². The van der Waals surface area contributed by atoms with E-state index in [4.69, 9.17) is 5.73 Å². The van der Waals surface area contributed by atoms with Crippen LogP contribution in [0, 0.1) is 0 Å². The Kier molecular flexibility index (Phi) is 5.49. The van der Waals surface area contributed by atoms with Crippen LogP contribution in [0.2, 0.25) is 0 Å². The predicted molar refractivity (Wildman–Crippen MR) is 82.9 cm³/mol. The highest BCUT2D eigenvalue weighted by Gasteiger charge is 2.22. The molecular weight excluding hydrogens is 270 g/mol. The molecule has 1 saturated carbocycles. The SMILES string of the molecule is CC(c1ccc(C2CCCCC2)cc1)[S+]([O-])CC(N)=O. The molecule has 1 aliphatic rings. The Bertz CT molecular complexity index is 440. The monoisotopic (exact) mass is 293 g/mol. The van der Waals surface area contributed by atoms with Crippen molar-refractivity contribution in [1.29, 1.82) is 0 Å². The van der Waals surface area contributed by atoms with E-state index in [-0.39, 0.29) is 11.0 Å². The number of rotatable bonds is 5. The highest BCUT2D eigenvalue weighted by molar-refractivity contribution is 7.92. The van der Waals surface area contributed by atoms with E-state index < -0.39 is 17.1 Å². The molecule has 0 radical (unpaired) electrons. The van der Waals surface area contributed by atoms with E-state index in [1.165, 1.54) is 37.7 Å². The Morgan fingerprint density at radius 1 is 1.30 bits per heavy atom. The van der Waals surface area contributed by atoms with E-state index in [0.29, 0.717) is 5.92 Å². The highest BCUT2D eigenvalue weighted by Crippen LogP contribution is 2.33. The molecule has 1 amide bonds. The fourth-order valence-corrected chi connectivity index (χ4v) is 3.88. The number of primary amides is 1. The summed E-state index contributed by atoms with van der Waals surface area (Å²) in [5.41, 5.74) is 7.51. The summed E-state index contributed by atoms with van der Waals surface area (Å²) in [7, 11) is 0. The van der Waals surface area contributed by atoms with Crippen LogP contribution in [-0.2, 0) is 16.0 Å². The molecule has 20 heavy (non-hydrogen) atoms. The summed E-state index contributed by atoms with van der Waals surface area (Å²) in [6.45, 7) is 1.88. The van der Waals surface area contributed by atoms with E-state index in [9.17, 15) is 9.35 Å². The number of amides is 1. The van der Waals surface area contributed by atoms with Gasteiger partial charge in [-0.05, 0) is 42.4 Å². The average molecular weight is 293 g/mol. The Morgan fingerprint density at radius 3 is 2.45 bits per heavy atom. The lowest BCUT2D eigenvalue weighted by atomic mass is 9.84. The van der Waals surface area contributed by atoms with Gasteiger partial charge in [0.2, 0.25) is 0 Å². The van der Waals surface area contributed by atoms with Crippen LogP contribution in [0.25, 0.3) is 0 Å². The quantitative estimate of drug-likeness (QED) is 0.848. The zero-order valence-electron chi connectivity index (χ0n) is 12.0. The Balaban J connectivity index is 2.01. The largest absolute Gasteiger partial charge is 0.615 e. The maximum atomic E-state index is 12.0. The number of nitrogens with two attached hydrogens (primary N) is 1. The molecule has 1 aromatic rings. The highest BCUT2D eigenvalue weighted by atomic mass is 32.2. The predicted octanol–water partition coefficient (Wildman–Crippen LogP) is 3.03. The third-order valence-corrected chi connectivity index (χ3v) is 5.79. The first-order valence-corrected chi connectivity index (χ1v) is 8.71. The van der Waals surface area contributed by atoms with Crippen molar-refractivity contribution in [2.75, 3.05) is 5.75 Å². The molecule has 0 aromatic heterocycles. The number of carbonyl (C=O) groups excluding carboxylic acids is 1. The average Bonchev–Trinajstić information content (AvgIpc) is 2.47. The lowest BCUT2D eigenvalue weighted by Crippen LogP contribution is -2.26. The van der Waals surface area contributed by atoms with Crippen molar-refractivity contribution in [3.05, 3.63) is 35.4 Å². The smallest absolute Gasteiger partial charge is 0.267 e. The van der Waals surface area contributed by atoms with Gasteiger partial charge in [-0.2, -0.15) is 0 Å². The van der Waals surface area contributed by atoms with Crippen molar-refractivity contribution in [1.82, 2.24) is 0 Å². The van der Waals surface area contributed by atoms with Crippen molar-refractivity contribution >= 4 is 17.1 Å². The van der Waals surface area contributed by atoms with Crippen LogP contribution in [0.15, 0.2) is 24.3 Å². The standard InChI is InChI=1S/C16H23NO2S/c1-12(20(19)11-16(17)18)13-7-9-15(10-8-13)14-5-3-2-4-6-14/h7-10,12,14H,2-6,11H2,1H3,(H2,17,18). The molecule has 4 heteroatoms. The molecule has 0 heterocycles. The minimum atomic E-state index is -1.23. The lowest BCUT2D eigenvalue weighted by Gasteiger charge is -2.23. The summed E-state index contributed by atoms with van der Waals surface area (Å²) < 4.78 is 12.0. The summed E-state index contributed by atoms with van der Waals surface area (Å²) in [6, 6.07) is 8.41. The molecule has 1 aliphatic carbocycles. The maximum absolute atomic E-state index is 12.0. The van der Waals surface area contributed by atoms with Gasteiger partial charge in [0.25, 0.3) is 5.91 Å². The maximum Gasteiger partial charge on any atom is 0.267 e. The van der Waals surface area contributed by atoms with Crippen LogP contribution in [0.1, 0.15) is 61.3 Å². The van der Waals surface area contributed by atoms with Crippen LogP contribution >= 0.6 is 0 Å². The molecule has 2 N–H and O–H groups in total. The number of carbonyl (C=O) groups is 1. The molecule has 0 spiro atoms. The zero-order chi connectivity index (χ0) is 14.5. The minimum Gasteiger partial charge on any atom is -0.615 e. The molecule has 1 fully saturated rings. The second-order valence-corrected chi connectivity index (χ2v) is 7.39. The molecule has 2 unspecified atom stereocenters. The van der Waals surface area contributed by atoms with E-state index in [0.717, 1.165) is 5.56 Å². The second-order valence-electron chi connectivity index (χ2n) is 5.64. The molecular formula is C16H23NO2S. The van der Waals surface area contributed by atoms with Gasteiger partial charge in [0.05, 0.1) is 0 Å². The van der Waals surface area contributed by atoms with Crippen molar-refractivity contribution in [3.63, 3.8) is 0 Å². The summed E-state index contributed by atoms with van der Waals surface area (Å²) in [5.74, 6) is 0.115. The number of benzene rings is 1. The zero-order valence-corrected chi connectivity index (χ0v) is 12.8. The van der Waals surface area contributed by atoms with Gasteiger partial charge in [-0.25, -0.2) is 0 Å². The molecule has 2 atom stereocenters. The van der Waals surface area contributed by atoms with E-state index >= 15 is 0 Å². The van der Waals surface area contributed by atoms with Gasteiger partial charge in [-0.1, -0.05) is 43.5 Å². The molecule has 3 nitrogen and oxygen atoms in total. The number of hydrogen-bond donors (Lipinski definition) is 1. The van der Waals surface area contributed by atoms with Gasteiger partial charge >= 0.3 is 0 Å². The topological polar surface area (TPSA) is 66.2 Å². The van der Waals surface area contributed by atoms with E-state index in [1.807, 2.05) is 19.1 Å². The van der Waals surface area contributed by atoms with E-state index in [1.54, 1.807) is 0 Å². The summed E-state index contributed by atoms with van der Waals surface area (Å²) >= 11 is -1.23. The first-order valence-electron chi connectivity index (χ1n) is 7.33. The van der Waals surface area contributed by atoms with Gasteiger partial charge in [-0.3, -0.25) is 4.79 Å². The van der Waals surface area contributed by atoms with Crippen molar-refractivity contribution in [2.45, 2.75) is 50.2 Å². The molecule has 2 rings (SSSR count). The summed E-state index contributed by atoms with van der Waals surface area (Å²) in [4.78, 5) is 10.8. The Hall–Kier alpha value is -1.00. The third-order valence-electron chi connectivity index (χ3n) is 4.16. The van der Waals surface area contributed by atoms with Crippen molar-refractivity contribution in [2.24, 2.45) is 5.73 Å². The summed E-state index contributed by atoms with van der Waals surface area (Å²) in [5, 5.41) is -0.150. The van der Waals surface area contributed by atoms with Crippen molar-refractivity contribution in [3.8, 4) is 0 Å². The third kappa shape index (κ3) is 4.00. The molecule has 0 saturated heterocycles. The molecule has 1 aromatic carbocycles. The van der Waals surface area contributed by atoms with Gasteiger partial charge in [0.15, 0.2) is 5.75 Å². The molecule has 0 aliphatic heterocycles. The first-order chi connectivity index (χ1) is 9.58. The molecule has 0 bridgehead atoms. The fraction of sp³-hybridized carbons (Fsp3) is 0.562. The van der Waals surface area contributed by atoms with Gasteiger partial charge in [-0.15, -0.1) is 0 Å². The number of hydrogen-bond acceptors (Lipinski definition) is 2. The van der Waals surface area contributed by atoms with Crippen molar-refractivity contribution < 1.29 is 9.35 Å². The Morgan fingerprint density at radius 2 is 1.90 bits per heavy atom. The normalized spacial score (nSPS) is 19.5. The van der Waals surface area contributed by atoms with E-state index in [2.05, 4.69) is 12.1 Å². The minimum absolute atomic E-state index is 0.0639. The fourth-order valence-electron chi connectivity index (χ4n) is 2.89. The van der Waals surface area contributed by atoms with Gasteiger partial charge < -0.3 is 10.3 Å². The van der Waals surface area contributed by atoms with Gasteiger partial charge in [0, 0.05) is 5.56 Å². The van der Waals surface area contributed by atoms with Crippen LogP contribution in [0.4, 0.5) is 0 Å². The second kappa shape index (κ2) is 7.14. The van der Waals surface area contributed by atoms with Crippen LogP contribution < -0.4 is 5.73 Å². The molecule has 110 valence electrons. The lowest BCUT2D eigenvalue weighted by molar-refractivity contribution is -0.115. The van der Waals surface area contributed by atoms with Crippen LogP contribution in [-0.4, -0.2) is 16.2 Å². The van der Waals surface area contributed by atoms with Gasteiger partial charge in [0.1, 0.15) is 5.25 Å². The Labute approximate surface area is 124 Å². The van der Waals surface area contributed by atoms with Crippen LogP contribution in [0.3, 0.4) is 0 Å². The first kappa shape index (κ1) is 15.4. The summed E-state index contributed by atoms with van der Waals surface area (Å²) in [6.07, 6.45) is 6.57.